The Morgan fingerprint density at radius 2 is 1.12 bits per heavy atom. The summed E-state index contributed by atoms with van der Waals surface area (Å²) in [6.07, 6.45) is 0. The van der Waals surface area contributed by atoms with Crippen LogP contribution in [0.15, 0.2) is 48.5 Å². The molecule has 0 spiro atoms. The fourth-order valence-corrected chi connectivity index (χ4v) is 4.73. The van der Waals surface area contributed by atoms with Gasteiger partial charge < -0.3 is 20.9 Å². The Balaban J connectivity index is 1.69. The summed E-state index contributed by atoms with van der Waals surface area (Å²) in [6.45, 7) is -0.560. The first-order chi connectivity index (χ1) is 16.2. The van der Waals surface area contributed by atoms with Crippen molar-refractivity contribution in [1.82, 2.24) is 0 Å². The summed E-state index contributed by atoms with van der Waals surface area (Å²) in [7, 11) is 2.38. The molecule has 0 aromatic heterocycles. The zero-order chi connectivity index (χ0) is 25.1. The Labute approximate surface area is 202 Å². The van der Waals surface area contributed by atoms with E-state index in [2.05, 4.69) is 0 Å². The molecule has 0 heterocycles. The van der Waals surface area contributed by atoms with Crippen LogP contribution in [0.4, 0.5) is 11.4 Å². The van der Waals surface area contributed by atoms with Crippen LogP contribution in [0.3, 0.4) is 0 Å². The standard InChI is InChI=1S/C20H22N4O8S2/c21-15(19(25)31-9-13-5-1-3-7-17(13)23(27)28)11-33-34-12-16(22)20(26)32-10-14-6-2-4-8-18(14)24(29)30/h1-8,15-16H,9-12,21-22H2/t15-,16-/m0/s1. The third-order valence-electron chi connectivity index (χ3n) is 4.30. The fraction of sp³-hybridized carbons (Fsp3) is 0.300. The minimum atomic E-state index is -0.984. The van der Waals surface area contributed by atoms with Gasteiger partial charge >= 0.3 is 11.9 Å². The highest BCUT2D eigenvalue weighted by atomic mass is 33.1. The van der Waals surface area contributed by atoms with Crippen LogP contribution in [0.1, 0.15) is 11.1 Å². The molecule has 182 valence electrons. The second-order valence-electron chi connectivity index (χ2n) is 6.77. The number of benzene rings is 2. The molecule has 0 aliphatic heterocycles. The molecule has 0 bridgehead atoms. The van der Waals surface area contributed by atoms with Crippen molar-refractivity contribution >= 4 is 44.9 Å². The third-order valence-corrected chi connectivity index (χ3v) is 6.77. The molecule has 2 rings (SSSR count). The number of nitrogens with zero attached hydrogens (tertiary/aromatic N) is 2. The number of carbonyl (C=O) groups is 2. The van der Waals surface area contributed by atoms with Gasteiger partial charge in [-0.15, -0.1) is 0 Å². The number of ether oxygens (including phenoxy) is 2. The lowest BCUT2D eigenvalue weighted by Crippen LogP contribution is -2.35. The van der Waals surface area contributed by atoms with E-state index >= 15 is 0 Å². The molecule has 0 radical (unpaired) electrons. The Morgan fingerprint density at radius 1 is 0.765 bits per heavy atom. The van der Waals surface area contributed by atoms with E-state index in [1.165, 1.54) is 58.0 Å². The molecule has 2 aromatic carbocycles. The highest BCUT2D eigenvalue weighted by molar-refractivity contribution is 8.76. The summed E-state index contributed by atoms with van der Waals surface area (Å²) >= 11 is 0. The first kappa shape index (κ1) is 27.0. The van der Waals surface area contributed by atoms with Gasteiger partial charge in [0.1, 0.15) is 25.3 Å². The van der Waals surface area contributed by atoms with Crippen LogP contribution in [0.2, 0.25) is 0 Å². The van der Waals surface area contributed by atoms with E-state index in [1.54, 1.807) is 12.1 Å². The molecule has 14 heteroatoms. The van der Waals surface area contributed by atoms with E-state index in [0.717, 1.165) is 0 Å². The topological polar surface area (TPSA) is 191 Å². The van der Waals surface area contributed by atoms with Gasteiger partial charge in [0.15, 0.2) is 0 Å². The number of hydrogen-bond donors (Lipinski definition) is 2. The van der Waals surface area contributed by atoms with Gasteiger partial charge in [-0.3, -0.25) is 29.8 Å². The van der Waals surface area contributed by atoms with Crippen LogP contribution < -0.4 is 11.5 Å². The Morgan fingerprint density at radius 3 is 1.47 bits per heavy atom. The summed E-state index contributed by atoms with van der Waals surface area (Å²) in [5.74, 6) is -1.14. The molecule has 0 saturated carbocycles. The molecule has 12 nitrogen and oxygen atoms in total. The second-order valence-corrected chi connectivity index (χ2v) is 9.32. The van der Waals surface area contributed by atoms with Crippen molar-refractivity contribution < 1.29 is 28.9 Å². The van der Waals surface area contributed by atoms with Crippen molar-refractivity contribution in [2.24, 2.45) is 11.5 Å². The van der Waals surface area contributed by atoms with Crippen LogP contribution in [0.5, 0.6) is 0 Å². The molecule has 0 fully saturated rings. The molecule has 34 heavy (non-hydrogen) atoms. The number of nitro groups is 2. The number of esters is 2. The number of para-hydroxylation sites is 2. The molecule has 0 aliphatic carbocycles. The normalized spacial score (nSPS) is 12.4. The van der Waals surface area contributed by atoms with Crippen molar-refractivity contribution in [3.63, 3.8) is 0 Å². The third kappa shape index (κ3) is 8.30. The maximum Gasteiger partial charge on any atom is 0.324 e. The molecule has 0 unspecified atom stereocenters. The van der Waals surface area contributed by atoms with Gasteiger partial charge in [-0.1, -0.05) is 45.9 Å². The molecule has 0 aliphatic rings. The largest absolute Gasteiger partial charge is 0.459 e. The number of rotatable bonds is 13. The molecular weight excluding hydrogens is 488 g/mol. The van der Waals surface area contributed by atoms with E-state index in [0.29, 0.717) is 0 Å². The number of carbonyl (C=O) groups excluding carboxylic acids is 2. The Hall–Kier alpha value is -3.20. The lowest BCUT2D eigenvalue weighted by atomic mass is 10.2. The molecule has 4 N–H and O–H groups in total. The summed E-state index contributed by atoms with van der Waals surface area (Å²) < 4.78 is 10.1. The van der Waals surface area contributed by atoms with Gasteiger partial charge in [-0.05, 0) is 12.1 Å². The first-order valence-corrected chi connectivity index (χ1v) is 12.2. The van der Waals surface area contributed by atoms with Gasteiger partial charge in [0, 0.05) is 23.6 Å². The summed E-state index contributed by atoms with van der Waals surface area (Å²) in [5.41, 5.74) is 11.8. The van der Waals surface area contributed by atoms with Crippen molar-refractivity contribution in [1.29, 1.82) is 0 Å². The lowest BCUT2D eigenvalue weighted by Gasteiger charge is -2.13. The minimum absolute atomic E-state index is 0.151. The van der Waals surface area contributed by atoms with Crippen LogP contribution in [-0.2, 0) is 32.3 Å². The number of nitro benzene ring substituents is 2. The van der Waals surface area contributed by atoms with Gasteiger partial charge in [-0.25, -0.2) is 0 Å². The summed E-state index contributed by atoms with van der Waals surface area (Å²) in [4.78, 5) is 45.0. The summed E-state index contributed by atoms with van der Waals surface area (Å²) in [5, 5.41) is 22.0. The van der Waals surface area contributed by atoms with Crippen LogP contribution >= 0.6 is 21.6 Å². The number of nitrogens with two attached hydrogens (primary N) is 2. The molecule has 2 aromatic rings. The average molecular weight is 511 g/mol. The van der Waals surface area contributed by atoms with E-state index in [9.17, 15) is 29.8 Å². The van der Waals surface area contributed by atoms with Gasteiger partial charge in [0.25, 0.3) is 11.4 Å². The van der Waals surface area contributed by atoms with E-state index < -0.39 is 33.9 Å². The second kappa shape index (κ2) is 13.5. The molecular formula is C20H22N4O8S2. The predicted molar refractivity (Wildman–Crippen MR) is 127 cm³/mol. The average Bonchev–Trinajstić information content (AvgIpc) is 2.83. The molecule has 0 saturated heterocycles. The van der Waals surface area contributed by atoms with Crippen molar-refractivity contribution in [3.05, 3.63) is 79.9 Å². The number of hydrogen-bond acceptors (Lipinski definition) is 12. The van der Waals surface area contributed by atoms with Gasteiger partial charge in [-0.2, -0.15) is 0 Å². The lowest BCUT2D eigenvalue weighted by molar-refractivity contribution is -0.386. The smallest absolute Gasteiger partial charge is 0.324 e. The maximum atomic E-state index is 12.0. The summed E-state index contributed by atoms with van der Waals surface area (Å²) in [6, 6.07) is 9.83. The minimum Gasteiger partial charge on any atom is -0.459 e. The van der Waals surface area contributed by atoms with Crippen LogP contribution in [-0.4, -0.2) is 45.4 Å². The van der Waals surface area contributed by atoms with E-state index in [-0.39, 0.29) is 47.2 Å². The SMILES string of the molecule is N[C@@H](CSSC[C@H](N)C(=O)OCc1ccccc1[N+](=O)[O-])C(=O)OCc1ccccc1[N+](=O)[O-]. The zero-order valence-corrected chi connectivity index (χ0v) is 19.4. The Kier molecular flexibility index (Phi) is 10.7. The van der Waals surface area contributed by atoms with Crippen LogP contribution in [0, 0.1) is 20.2 Å². The maximum absolute atomic E-state index is 12.0. The van der Waals surface area contributed by atoms with Crippen LogP contribution in [0.25, 0.3) is 0 Å². The monoisotopic (exact) mass is 510 g/mol. The zero-order valence-electron chi connectivity index (χ0n) is 17.7. The quantitative estimate of drug-likeness (QED) is 0.132. The molecule has 2 atom stereocenters. The molecule has 0 amide bonds. The predicted octanol–water partition coefficient (Wildman–Crippen LogP) is 2.33. The first-order valence-electron chi connectivity index (χ1n) is 9.74. The van der Waals surface area contributed by atoms with Crippen molar-refractivity contribution in [2.75, 3.05) is 11.5 Å². The van der Waals surface area contributed by atoms with Crippen molar-refractivity contribution in [2.45, 2.75) is 25.3 Å². The highest BCUT2D eigenvalue weighted by Crippen LogP contribution is 2.24. The fourth-order valence-electron chi connectivity index (χ4n) is 2.51. The van der Waals surface area contributed by atoms with E-state index in [1.807, 2.05) is 0 Å². The van der Waals surface area contributed by atoms with Crippen molar-refractivity contribution in [3.8, 4) is 0 Å². The van der Waals surface area contributed by atoms with E-state index in [4.69, 9.17) is 20.9 Å². The Bertz CT molecular complexity index is 958. The van der Waals surface area contributed by atoms with Gasteiger partial charge in [0.05, 0.1) is 21.0 Å². The van der Waals surface area contributed by atoms with Gasteiger partial charge in [0.2, 0.25) is 0 Å². The highest BCUT2D eigenvalue weighted by Gasteiger charge is 2.21.